The third kappa shape index (κ3) is 3.29. The van der Waals surface area contributed by atoms with Crippen molar-refractivity contribution in [2.45, 2.75) is 31.3 Å². The van der Waals surface area contributed by atoms with E-state index in [0.717, 1.165) is 5.69 Å². The van der Waals surface area contributed by atoms with Crippen LogP contribution < -0.4 is 10.6 Å². The van der Waals surface area contributed by atoms with Gasteiger partial charge < -0.3 is 10.3 Å². The Kier molecular flexibility index (Phi) is 4.31. The van der Waals surface area contributed by atoms with E-state index in [4.69, 9.17) is 5.73 Å². The van der Waals surface area contributed by atoms with Crippen LogP contribution >= 0.6 is 0 Å². The molecule has 7 heteroatoms. The van der Waals surface area contributed by atoms with Gasteiger partial charge in [0.1, 0.15) is 4.90 Å². The number of rotatable bonds is 5. The molecule has 17 heavy (non-hydrogen) atoms. The van der Waals surface area contributed by atoms with Gasteiger partial charge in [-0.25, -0.2) is 13.4 Å². The summed E-state index contributed by atoms with van der Waals surface area (Å²) in [6, 6.07) is 1.78. The van der Waals surface area contributed by atoms with Crippen molar-refractivity contribution in [1.29, 1.82) is 0 Å². The van der Waals surface area contributed by atoms with Crippen LogP contribution in [-0.2, 0) is 16.6 Å². The van der Waals surface area contributed by atoms with Crippen LogP contribution in [0.2, 0.25) is 0 Å². The average molecular weight is 260 g/mol. The van der Waals surface area contributed by atoms with Gasteiger partial charge in [-0.15, -0.1) is 4.83 Å². The molecule has 1 aromatic heterocycles. The highest BCUT2D eigenvalue weighted by Gasteiger charge is 2.19. The van der Waals surface area contributed by atoms with Crippen molar-refractivity contribution < 1.29 is 8.42 Å². The highest BCUT2D eigenvalue weighted by atomic mass is 32.2. The summed E-state index contributed by atoms with van der Waals surface area (Å²) in [7, 11) is -0.254. The van der Waals surface area contributed by atoms with Gasteiger partial charge in [0.05, 0.1) is 0 Å². The molecule has 1 aromatic rings. The van der Waals surface area contributed by atoms with Crippen molar-refractivity contribution in [3.63, 3.8) is 0 Å². The second-order valence-corrected chi connectivity index (χ2v) is 6.02. The summed E-state index contributed by atoms with van der Waals surface area (Å²) in [6.07, 6.45) is 1.61. The third-order valence-corrected chi connectivity index (χ3v) is 3.73. The molecule has 0 fully saturated rings. The first kappa shape index (κ1) is 14.2. The van der Waals surface area contributed by atoms with Gasteiger partial charge in [0.15, 0.2) is 0 Å². The predicted octanol–water partition coefficient (Wildman–Crippen LogP) is 0.283. The lowest BCUT2D eigenvalue weighted by Crippen LogP contribution is -2.35. The molecule has 0 saturated heterocycles. The molecule has 3 N–H and O–H groups in total. The van der Waals surface area contributed by atoms with Gasteiger partial charge in [-0.05, 0) is 19.9 Å². The zero-order chi connectivity index (χ0) is 13.2. The van der Waals surface area contributed by atoms with E-state index in [9.17, 15) is 8.42 Å². The summed E-state index contributed by atoms with van der Waals surface area (Å²) in [5.74, 6) is 0. The van der Waals surface area contributed by atoms with E-state index in [-0.39, 0.29) is 10.9 Å². The Hall–Kier alpha value is -0.890. The lowest BCUT2D eigenvalue weighted by Gasteiger charge is -2.12. The van der Waals surface area contributed by atoms with Crippen LogP contribution in [0.1, 0.15) is 25.6 Å². The second-order valence-electron chi connectivity index (χ2n) is 4.36. The maximum Gasteiger partial charge on any atom is 0.254 e. The first-order chi connectivity index (χ1) is 7.77. The van der Waals surface area contributed by atoms with E-state index in [1.54, 1.807) is 26.4 Å². The minimum absolute atomic E-state index is 0.178. The zero-order valence-electron chi connectivity index (χ0n) is 10.6. The van der Waals surface area contributed by atoms with Crippen molar-refractivity contribution in [3.05, 3.63) is 18.0 Å². The van der Waals surface area contributed by atoms with Crippen LogP contribution in [0, 0.1) is 0 Å². The van der Waals surface area contributed by atoms with Crippen molar-refractivity contribution >= 4 is 10.0 Å². The molecule has 0 aliphatic heterocycles. The van der Waals surface area contributed by atoms with Gasteiger partial charge in [-0.2, -0.15) is 0 Å². The van der Waals surface area contributed by atoms with Crippen molar-refractivity contribution in [3.8, 4) is 0 Å². The normalized spacial score (nSPS) is 12.6. The molecule has 0 amide bonds. The van der Waals surface area contributed by atoms with Gasteiger partial charge in [0.2, 0.25) is 0 Å². The average Bonchev–Trinajstić information content (AvgIpc) is 2.59. The summed E-state index contributed by atoms with van der Waals surface area (Å²) in [4.78, 5) is 2.63. The Morgan fingerprint density at radius 2 is 2.06 bits per heavy atom. The van der Waals surface area contributed by atoms with Gasteiger partial charge in [0, 0.05) is 38.6 Å². The minimum atomic E-state index is -3.51. The summed E-state index contributed by atoms with van der Waals surface area (Å²) < 4.78 is 25.7. The molecule has 0 aliphatic carbocycles. The maximum atomic E-state index is 11.9. The first-order valence-corrected chi connectivity index (χ1v) is 6.87. The molecule has 0 spiro atoms. The monoisotopic (exact) mass is 260 g/mol. The highest BCUT2D eigenvalue weighted by molar-refractivity contribution is 7.89. The lowest BCUT2D eigenvalue weighted by molar-refractivity contribution is 0.364. The summed E-state index contributed by atoms with van der Waals surface area (Å²) in [6.45, 7) is 4.28. The Morgan fingerprint density at radius 3 is 2.41 bits per heavy atom. The van der Waals surface area contributed by atoms with Crippen molar-refractivity contribution in [2.24, 2.45) is 5.73 Å². The number of hydrogen-bond acceptors (Lipinski definition) is 4. The van der Waals surface area contributed by atoms with E-state index >= 15 is 0 Å². The Labute approximate surface area is 102 Å². The molecule has 1 rings (SSSR count). The molecule has 1 heterocycles. The fourth-order valence-corrected chi connectivity index (χ4v) is 2.71. The SMILES string of the molecule is CC(C)n1cc(S(=O)(=O)NN(C)C)cc1CN. The largest absolute Gasteiger partial charge is 0.346 e. The molecule has 0 aromatic carbocycles. The van der Waals surface area contributed by atoms with Crippen LogP contribution in [0.25, 0.3) is 0 Å². The van der Waals surface area contributed by atoms with E-state index in [2.05, 4.69) is 4.83 Å². The fraction of sp³-hybridized carbons (Fsp3) is 0.600. The standard InChI is InChI=1S/C10H20N4O2S/c1-8(2)14-7-10(5-9(14)6-11)17(15,16)12-13(3)4/h5,7-8,12H,6,11H2,1-4H3. The number of nitrogens with two attached hydrogens (primary N) is 1. The van der Waals surface area contributed by atoms with Crippen LogP contribution in [0.15, 0.2) is 17.2 Å². The number of hydrogen-bond donors (Lipinski definition) is 2. The first-order valence-electron chi connectivity index (χ1n) is 5.38. The highest BCUT2D eigenvalue weighted by Crippen LogP contribution is 2.18. The molecule has 0 aliphatic rings. The van der Waals surface area contributed by atoms with Gasteiger partial charge >= 0.3 is 0 Å². The number of aromatic nitrogens is 1. The molecular weight excluding hydrogens is 240 g/mol. The van der Waals surface area contributed by atoms with Crippen molar-refractivity contribution in [2.75, 3.05) is 14.1 Å². The number of nitrogens with zero attached hydrogens (tertiary/aromatic N) is 2. The molecule has 0 atom stereocenters. The minimum Gasteiger partial charge on any atom is -0.346 e. The predicted molar refractivity (Wildman–Crippen MR) is 66.7 cm³/mol. The smallest absolute Gasteiger partial charge is 0.254 e. The molecule has 0 radical (unpaired) electrons. The second kappa shape index (κ2) is 5.18. The van der Waals surface area contributed by atoms with Crippen molar-refractivity contribution in [1.82, 2.24) is 14.4 Å². The molecule has 0 unspecified atom stereocenters. The van der Waals surface area contributed by atoms with Crippen LogP contribution in [0.5, 0.6) is 0 Å². The summed E-state index contributed by atoms with van der Waals surface area (Å²) in [5.41, 5.74) is 6.40. The van der Waals surface area contributed by atoms with Gasteiger partial charge in [-0.1, -0.05) is 0 Å². The Balaban J connectivity index is 3.16. The van der Waals surface area contributed by atoms with E-state index in [1.165, 1.54) is 5.01 Å². The Morgan fingerprint density at radius 1 is 1.47 bits per heavy atom. The molecule has 0 bridgehead atoms. The third-order valence-electron chi connectivity index (χ3n) is 2.29. The quantitative estimate of drug-likeness (QED) is 0.745. The summed E-state index contributed by atoms with van der Waals surface area (Å²) >= 11 is 0. The molecule has 0 saturated carbocycles. The van der Waals surface area contributed by atoms with E-state index in [1.807, 2.05) is 18.4 Å². The van der Waals surface area contributed by atoms with Gasteiger partial charge in [0.25, 0.3) is 10.0 Å². The molecule has 6 nitrogen and oxygen atoms in total. The molecular formula is C10H20N4O2S. The van der Waals surface area contributed by atoms with Crippen LogP contribution in [-0.4, -0.2) is 32.1 Å². The summed E-state index contributed by atoms with van der Waals surface area (Å²) in [5, 5.41) is 1.39. The van der Waals surface area contributed by atoms with E-state index < -0.39 is 10.0 Å². The molecule has 98 valence electrons. The number of hydrazine groups is 1. The fourth-order valence-electron chi connectivity index (χ4n) is 1.58. The number of nitrogens with one attached hydrogen (secondary N) is 1. The van der Waals surface area contributed by atoms with Crippen LogP contribution in [0.4, 0.5) is 0 Å². The number of sulfonamides is 1. The van der Waals surface area contributed by atoms with Crippen LogP contribution in [0.3, 0.4) is 0 Å². The Bertz CT molecular complexity index is 476. The lowest BCUT2D eigenvalue weighted by atomic mass is 10.3. The van der Waals surface area contributed by atoms with Gasteiger partial charge in [-0.3, -0.25) is 0 Å². The van der Waals surface area contributed by atoms with E-state index in [0.29, 0.717) is 6.54 Å². The zero-order valence-corrected chi connectivity index (χ0v) is 11.5. The topological polar surface area (TPSA) is 80.4 Å². The maximum absolute atomic E-state index is 11.9.